The lowest BCUT2D eigenvalue weighted by molar-refractivity contribution is 0.440. The summed E-state index contributed by atoms with van der Waals surface area (Å²) in [6.07, 6.45) is 6.73. The SMILES string of the molecule is NC[C@H](N)c1ccccc1C1CCCCC1. The molecule has 0 bridgehead atoms. The lowest BCUT2D eigenvalue weighted by Gasteiger charge is -2.26. The van der Waals surface area contributed by atoms with Crippen LogP contribution in [0.5, 0.6) is 0 Å². The van der Waals surface area contributed by atoms with Crippen molar-refractivity contribution in [2.24, 2.45) is 11.5 Å². The quantitative estimate of drug-likeness (QED) is 0.819. The second-order valence-electron chi connectivity index (χ2n) is 4.81. The van der Waals surface area contributed by atoms with Gasteiger partial charge in [0.25, 0.3) is 0 Å². The maximum atomic E-state index is 6.08. The Morgan fingerprint density at radius 3 is 2.50 bits per heavy atom. The average molecular weight is 218 g/mol. The van der Waals surface area contributed by atoms with Gasteiger partial charge in [-0.2, -0.15) is 0 Å². The van der Waals surface area contributed by atoms with E-state index in [4.69, 9.17) is 11.5 Å². The average Bonchev–Trinajstić information content (AvgIpc) is 2.39. The van der Waals surface area contributed by atoms with Crippen LogP contribution < -0.4 is 11.5 Å². The summed E-state index contributed by atoms with van der Waals surface area (Å²) in [5, 5.41) is 0. The van der Waals surface area contributed by atoms with E-state index in [-0.39, 0.29) is 6.04 Å². The molecule has 1 aliphatic carbocycles. The molecule has 0 amide bonds. The van der Waals surface area contributed by atoms with Crippen molar-refractivity contribution in [2.75, 3.05) is 6.54 Å². The summed E-state index contributed by atoms with van der Waals surface area (Å²) in [6, 6.07) is 8.56. The molecule has 1 saturated carbocycles. The molecule has 1 aliphatic rings. The number of benzene rings is 1. The standard InChI is InChI=1S/C14H22N2/c15-10-14(16)13-9-5-4-8-12(13)11-6-2-1-3-7-11/h4-5,8-9,11,14H,1-3,6-7,10,15-16H2/t14-/m0/s1. The summed E-state index contributed by atoms with van der Waals surface area (Å²) < 4.78 is 0. The molecular weight excluding hydrogens is 196 g/mol. The van der Waals surface area contributed by atoms with Gasteiger partial charge in [0, 0.05) is 12.6 Å². The lowest BCUT2D eigenvalue weighted by Crippen LogP contribution is -2.23. The van der Waals surface area contributed by atoms with Crippen LogP contribution in [0, 0.1) is 0 Å². The first kappa shape index (κ1) is 11.6. The van der Waals surface area contributed by atoms with Crippen molar-refractivity contribution < 1.29 is 0 Å². The van der Waals surface area contributed by atoms with Gasteiger partial charge in [-0.05, 0) is 29.9 Å². The number of hydrogen-bond acceptors (Lipinski definition) is 2. The van der Waals surface area contributed by atoms with Gasteiger partial charge in [0.05, 0.1) is 0 Å². The molecule has 0 heterocycles. The minimum atomic E-state index is -0.00173. The fraction of sp³-hybridized carbons (Fsp3) is 0.571. The van der Waals surface area contributed by atoms with Crippen LogP contribution in [-0.2, 0) is 0 Å². The first-order valence-electron chi connectivity index (χ1n) is 6.37. The van der Waals surface area contributed by atoms with Crippen LogP contribution in [0.2, 0.25) is 0 Å². The Balaban J connectivity index is 2.24. The van der Waals surface area contributed by atoms with E-state index in [1.165, 1.54) is 43.2 Å². The predicted molar refractivity (Wildman–Crippen MR) is 68.3 cm³/mol. The van der Waals surface area contributed by atoms with E-state index in [9.17, 15) is 0 Å². The van der Waals surface area contributed by atoms with Crippen molar-refractivity contribution >= 4 is 0 Å². The van der Waals surface area contributed by atoms with Crippen molar-refractivity contribution in [2.45, 2.75) is 44.1 Å². The van der Waals surface area contributed by atoms with Gasteiger partial charge in [-0.3, -0.25) is 0 Å². The van der Waals surface area contributed by atoms with Gasteiger partial charge in [-0.15, -0.1) is 0 Å². The minimum absolute atomic E-state index is 0.00173. The van der Waals surface area contributed by atoms with E-state index in [2.05, 4.69) is 24.3 Å². The summed E-state index contributed by atoms with van der Waals surface area (Å²) in [6.45, 7) is 0.531. The number of rotatable bonds is 3. The van der Waals surface area contributed by atoms with Crippen molar-refractivity contribution in [1.29, 1.82) is 0 Å². The maximum absolute atomic E-state index is 6.08. The van der Waals surface area contributed by atoms with E-state index >= 15 is 0 Å². The summed E-state index contributed by atoms with van der Waals surface area (Å²) in [5.74, 6) is 0.711. The Hall–Kier alpha value is -0.860. The van der Waals surface area contributed by atoms with E-state index in [0.717, 1.165) is 0 Å². The zero-order valence-electron chi connectivity index (χ0n) is 9.86. The molecule has 1 fully saturated rings. The topological polar surface area (TPSA) is 52.0 Å². The second-order valence-corrected chi connectivity index (χ2v) is 4.81. The van der Waals surface area contributed by atoms with Crippen molar-refractivity contribution in [3.63, 3.8) is 0 Å². The third-order valence-electron chi connectivity index (χ3n) is 3.69. The summed E-state index contributed by atoms with van der Waals surface area (Å²) in [7, 11) is 0. The molecule has 2 heteroatoms. The number of hydrogen-bond donors (Lipinski definition) is 2. The van der Waals surface area contributed by atoms with Gasteiger partial charge in [0.15, 0.2) is 0 Å². The van der Waals surface area contributed by atoms with Crippen LogP contribution in [0.25, 0.3) is 0 Å². The summed E-state index contributed by atoms with van der Waals surface area (Å²) in [4.78, 5) is 0. The molecule has 2 rings (SSSR count). The third-order valence-corrected chi connectivity index (χ3v) is 3.69. The molecule has 16 heavy (non-hydrogen) atoms. The molecule has 2 nitrogen and oxygen atoms in total. The molecule has 0 radical (unpaired) electrons. The predicted octanol–water partition coefficient (Wildman–Crippen LogP) is 2.69. The second kappa shape index (κ2) is 5.46. The zero-order chi connectivity index (χ0) is 11.4. The molecule has 0 aliphatic heterocycles. The van der Waals surface area contributed by atoms with Crippen LogP contribution in [0.15, 0.2) is 24.3 Å². The Labute approximate surface area is 98.0 Å². The monoisotopic (exact) mass is 218 g/mol. The first-order chi connectivity index (χ1) is 7.83. The molecular formula is C14H22N2. The molecule has 4 N–H and O–H groups in total. The Bertz CT molecular complexity index is 329. The smallest absolute Gasteiger partial charge is 0.0422 e. The molecule has 0 unspecified atom stereocenters. The van der Waals surface area contributed by atoms with Crippen LogP contribution in [0.1, 0.15) is 55.2 Å². The summed E-state index contributed by atoms with van der Waals surface area (Å²) >= 11 is 0. The molecule has 1 aromatic carbocycles. The van der Waals surface area contributed by atoms with E-state index < -0.39 is 0 Å². The third kappa shape index (κ3) is 2.45. The van der Waals surface area contributed by atoms with Gasteiger partial charge >= 0.3 is 0 Å². The van der Waals surface area contributed by atoms with E-state index in [0.29, 0.717) is 12.5 Å². The van der Waals surface area contributed by atoms with E-state index in [1.807, 2.05) is 0 Å². The highest BCUT2D eigenvalue weighted by atomic mass is 14.7. The fourth-order valence-electron chi connectivity index (χ4n) is 2.76. The van der Waals surface area contributed by atoms with Crippen LogP contribution >= 0.6 is 0 Å². The summed E-state index contributed by atoms with van der Waals surface area (Å²) in [5.41, 5.74) is 14.5. The van der Waals surface area contributed by atoms with Gasteiger partial charge in [-0.25, -0.2) is 0 Å². The lowest BCUT2D eigenvalue weighted by atomic mass is 9.81. The van der Waals surface area contributed by atoms with E-state index in [1.54, 1.807) is 0 Å². The van der Waals surface area contributed by atoms with Gasteiger partial charge in [0.2, 0.25) is 0 Å². The molecule has 0 aromatic heterocycles. The van der Waals surface area contributed by atoms with Crippen LogP contribution in [0.4, 0.5) is 0 Å². The van der Waals surface area contributed by atoms with Gasteiger partial charge in [0.1, 0.15) is 0 Å². The van der Waals surface area contributed by atoms with Crippen LogP contribution in [0.3, 0.4) is 0 Å². The Morgan fingerprint density at radius 2 is 1.81 bits per heavy atom. The highest BCUT2D eigenvalue weighted by molar-refractivity contribution is 5.33. The normalized spacial score (nSPS) is 19.6. The number of nitrogens with two attached hydrogens (primary N) is 2. The maximum Gasteiger partial charge on any atom is 0.0422 e. The highest BCUT2D eigenvalue weighted by Crippen LogP contribution is 2.35. The van der Waals surface area contributed by atoms with Crippen molar-refractivity contribution in [3.05, 3.63) is 35.4 Å². The molecule has 0 saturated heterocycles. The zero-order valence-corrected chi connectivity index (χ0v) is 9.86. The van der Waals surface area contributed by atoms with Crippen molar-refractivity contribution in [1.82, 2.24) is 0 Å². The van der Waals surface area contributed by atoms with Crippen LogP contribution in [-0.4, -0.2) is 6.54 Å². The molecule has 0 spiro atoms. The fourth-order valence-corrected chi connectivity index (χ4v) is 2.76. The molecule has 1 atom stereocenters. The Morgan fingerprint density at radius 1 is 1.12 bits per heavy atom. The van der Waals surface area contributed by atoms with Gasteiger partial charge < -0.3 is 11.5 Å². The molecule has 88 valence electrons. The van der Waals surface area contributed by atoms with Gasteiger partial charge in [-0.1, -0.05) is 43.5 Å². The minimum Gasteiger partial charge on any atom is -0.329 e. The molecule has 1 aromatic rings. The first-order valence-corrected chi connectivity index (χ1v) is 6.37. The largest absolute Gasteiger partial charge is 0.329 e. The van der Waals surface area contributed by atoms with Crippen molar-refractivity contribution in [3.8, 4) is 0 Å². The Kier molecular flexibility index (Phi) is 3.97. The highest BCUT2D eigenvalue weighted by Gasteiger charge is 2.19.